The van der Waals surface area contributed by atoms with Crippen LogP contribution in [-0.4, -0.2) is 37.8 Å². The molecule has 0 bridgehead atoms. The maximum absolute atomic E-state index is 12.5. The summed E-state index contributed by atoms with van der Waals surface area (Å²) in [6.07, 6.45) is 1.60. The third kappa shape index (κ3) is 3.34. The van der Waals surface area contributed by atoms with Crippen molar-refractivity contribution < 1.29 is 13.2 Å². The van der Waals surface area contributed by atoms with Crippen molar-refractivity contribution in [2.75, 3.05) is 13.1 Å². The quantitative estimate of drug-likeness (QED) is 0.916. The van der Waals surface area contributed by atoms with Crippen LogP contribution in [0, 0.1) is 6.92 Å². The zero-order valence-electron chi connectivity index (χ0n) is 11.0. The molecule has 1 fully saturated rings. The predicted octanol–water partition coefficient (Wildman–Crippen LogP) is 1.35. The second-order valence-corrected chi connectivity index (χ2v) is 8.22. The average molecular weight is 302 g/mol. The Morgan fingerprint density at radius 2 is 2.21 bits per heavy atom. The van der Waals surface area contributed by atoms with Gasteiger partial charge in [-0.1, -0.05) is 0 Å². The van der Waals surface area contributed by atoms with E-state index in [0.717, 1.165) is 17.7 Å². The van der Waals surface area contributed by atoms with Crippen LogP contribution >= 0.6 is 11.3 Å². The fourth-order valence-electron chi connectivity index (χ4n) is 2.24. The maximum Gasteiger partial charge on any atom is 0.252 e. The summed E-state index contributed by atoms with van der Waals surface area (Å²) in [6, 6.07) is 3.38. The number of rotatable bonds is 3. The minimum atomic E-state index is -3.41. The van der Waals surface area contributed by atoms with Gasteiger partial charge >= 0.3 is 0 Å². The first-order valence-electron chi connectivity index (χ1n) is 6.23. The molecule has 1 saturated heterocycles. The van der Waals surface area contributed by atoms with Gasteiger partial charge < -0.3 is 5.32 Å². The van der Waals surface area contributed by atoms with E-state index < -0.39 is 10.0 Å². The Morgan fingerprint density at radius 3 is 2.79 bits per heavy atom. The topological polar surface area (TPSA) is 66.5 Å². The zero-order chi connectivity index (χ0) is 14.0. The van der Waals surface area contributed by atoms with Gasteiger partial charge in [-0.2, -0.15) is 4.31 Å². The normalized spacial score (nSPS) is 21.3. The lowest BCUT2D eigenvalue weighted by molar-refractivity contribution is -0.119. The Morgan fingerprint density at radius 1 is 1.47 bits per heavy atom. The molecule has 1 amide bonds. The van der Waals surface area contributed by atoms with E-state index in [0.29, 0.717) is 17.3 Å². The van der Waals surface area contributed by atoms with E-state index in [-0.39, 0.29) is 11.9 Å². The van der Waals surface area contributed by atoms with Gasteiger partial charge in [-0.05, 0) is 31.9 Å². The van der Waals surface area contributed by atoms with Crippen LogP contribution in [0.2, 0.25) is 0 Å². The minimum Gasteiger partial charge on any atom is -0.352 e. The fraction of sp³-hybridized carbons (Fsp3) is 0.583. The van der Waals surface area contributed by atoms with E-state index >= 15 is 0 Å². The summed E-state index contributed by atoms with van der Waals surface area (Å²) in [7, 11) is -3.41. The second-order valence-electron chi connectivity index (χ2n) is 4.77. The Bertz CT molecular complexity index is 565. The summed E-state index contributed by atoms with van der Waals surface area (Å²) in [4.78, 5) is 12.0. The lowest BCUT2D eigenvalue weighted by Crippen LogP contribution is -2.48. The number of aryl methyl sites for hydroxylation is 1. The van der Waals surface area contributed by atoms with E-state index in [1.54, 1.807) is 6.07 Å². The number of carbonyl (C=O) groups excluding carboxylic acids is 1. The van der Waals surface area contributed by atoms with Gasteiger partial charge in [-0.3, -0.25) is 4.79 Å². The van der Waals surface area contributed by atoms with Crippen molar-refractivity contribution in [3.8, 4) is 0 Å². The maximum atomic E-state index is 12.5. The molecule has 1 N–H and O–H groups in total. The first-order chi connectivity index (χ1) is 8.89. The Kier molecular flexibility index (Phi) is 4.27. The van der Waals surface area contributed by atoms with E-state index in [1.165, 1.54) is 22.6 Å². The van der Waals surface area contributed by atoms with Crippen LogP contribution in [-0.2, 0) is 14.8 Å². The molecule has 2 rings (SSSR count). The molecule has 19 heavy (non-hydrogen) atoms. The number of amides is 1. The van der Waals surface area contributed by atoms with Crippen molar-refractivity contribution in [1.29, 1.82) is 0 Å². The van der Waals surface area contributed by atoms with Crippen molar-refractivity contribution in [3.05, 3.63) is 17.0 Å². The van der Waals surface area contributed by atoms with Crippen LogP contribution < -0.4 is 5.32 Å². The molecule has 1 aliphatic heterocycles. The van der Waals surface area contributed by atoms with Gasteiger partial charge in [0.15, 0.2) is 0 Å². The van der Waals surface area contributed by atoms with E-state index in [9.17, 15) is 13.2 Å². The lowest BCUT2D eigenvalue weighted by atomic mass is 10.1. The third-order valence-corrected chi connectivity index (χ3v) is 6.43. The van der Waals surface area contributed by atoms with Gasteiger partial charge in [0.05, 0.1) is 0 Å². The molecule has 7 heteroatoms. The molecule has 1 aromatic heterocycles. The summed E-state index contributed by atoms with van der Waals surface area (Å²) in [5, 5.41) is 2.80. The van der Waals surface area contributed by atoms with Gasteiger partial charge in [-0.15, -0.1) is 11.3 Å². The number of hydrogen-bond acceptors (Lipinski definition) is 4. The van der Waals surface area contributed by atoms with Crippen molar-refractivity contribution >= 4 is 27.3 Å². The molecule has 106 valence electrons. The summed E-state index contributed by atoms with van der Waals surface area (Å²) < 4.78 is 26.8. The van der Waals surface area contributed by atoms with Crippen molar-refractivity contribution in [2.24, 2.45) is 0 Å². The Labute approximate surface area is 117 Å². The van der Waals surface area contributed by atoms with E-state index in [1.807, 2.05) is 13.0 Å². The van der Waals surface area contributed by atoms with Gasteiger partial charge in [0.1, 0.15) is 4.21 Å². The van der Waals surface area contributed by atoms with Crippen LogP contribution in [0.15, 0.2) is 16.3 Å². The van der Waals surface area contributed by atoms with Gasteiger partial charge in [0.25, 0.3) is 10.0 Å². The highest BCUT2D eigenvalue weighted by Crippen LogP contribution is 2.26. The zero-order valence-corrected chi connectivity index (χ0v) is 12.7. The number of carbonyl (C=O) groups is 1. The molecule has 1 unspecified atom stereocenters. The highest BCUT2D eigenvalue weighted by atomic mass is 32.2. The number of thiophene rings is 1. The summed E-state index contributed by atoms with van der Waals surface area (Å²) in [5.74, 6) is -0.115. The molecule has 0 spiro atoms. The average Bonchev–Trinajstić information content (AvgIpc) is 2.76. The fourth-order valence-corrected chi connectivity index (χ4v) is 5.21. The van der Waals surface area contributed by atoms with Crippen LogP contribution in [0.1, 0.15) is 24.6 Å². The molecule has 0 aliphatic carbocycles. The summed E-state index contributed by atoms with van der Waals surface area (Å²) in [6.45, 7) is 4.23. The minimum absolute atomic E-state index is 0.0814. The second kappa shape index (κ2) is 5.60. The number of nitrogens with one attached hydrogen (secondary N) is 1. The number of nitrogens with zero attached hydrogens (tertiary/aromatic N) is 1. The number of hydrogen-bond donors (Lipinski definition) is 1. The SMILES string of the molecule is CC(=O)NC1CCCN(S(=O)(=O)c2ccc(C)s2)C1. The van der Waals surface area contributed by atoms with Gasteiger partial charge in [0.2, 0.25) is 5.91 Å². The van der Waals surface area contributed by atoms with Crippen molar-refractivity contribution in [1.82, 2.24) is 9.62 Å². The Hall–Kier alpha value is -0.920. The molecular weight excluding hydrogens is 284 g/mol. The van der Waals surface area contributed by atoms with E-state index in [4.69, 9.17) is 0 Å². The molecule has 0 aromatic carbocycles. The summed E-state index contributed by atoms with van der Waals surface area (Å²) >= 11 is 1.29. The molecule has 1 aromatic rings. The van der Waals surface area contributed by atoms with Crippen LogP contribution in [0.25, 0.3) is 0 Å². The lowest BCUT2D eigenvalue weighted by Gasteiger charge is -2.31. The molecule has 1 atom stereocenters. The van der Waals surface area contributed by atoms with Crippen molar-refractivity contribution in [2.45, 2.75) is 36.9 Å². The first kappa shape index (κ1) is 14.5. The molecule has 5 nitrogen and oxygen atoms in total. The largest absolute Gasteiger partial charge is 0.352 e. The van der Waals surface area contributed by atoms with Crippen molar-refractivity contribution in [3.63, 3.8) is 0 Å². The molecule has 0 radical (unpaired) electrons. The monoisotopic (exact) mass is 302 g/mol. The number of sulfonamides is 1. The highest BCUT2D eigenvalue weighted by Gasteiger charge is 2.31. The van der Waals surface area contributed by atoms with E-state index in [2.05, 4.69) is 5.32 Å². The molecule has 2 heterocycles. The third-order valence-electron chi connectivity index (χ3n) is 3.10. The number of piperidine rings is 1. The predicted molar refractivity (Wildman–Crippen MR) is 74.7 cm³/mol. The van der Waals surface area contributed by atoms with Gasteiger partial charge in [-0.25, -0.2) is 8.42 Å². The molecule has 0 saturated carbocycles. The standard InChI is InChI=1S/C12H18N2O3S2/c1-9-5-6-12(18-9)19(16,17)14-7-3-4-11(8-14)13-10(2)15/h5-6,11H,3-4,7-8H2,1-2H3,(H,13,15). The van der Waals surface area contributed by atoms with Crippen LogP contribution in [0.5, 0.6) is 0 Å². The highest BCUT2D eigenvalue weighted by molar-refractivity contribution is 7.91. The van der Waals surface area contributed by atoms with Gasteiger partial charge in [0, 0.05) is 30.9 Å². The van der Waals surface area contributed by atoms with Crippen LogP contribution in [0.4, 0.5) is 0 Å². The van der Waals surface area contributed by atoms with Crippen LogP contribution in [0.3, 0.4) is 0 Å². The Balaban J connectivity index is 2.14. The molecule has 1 aliphatic rings. The summed E-state index contributed by atoms with van der Waals surface area (Å²) in [5.41, 5.74) is 0. The first-order valence-corrected chi connectivity index (χ1v) is 8.49. The smallest absolute Gasteiger partial charge is 0.252 e. The molecular formula is C12H18N2O3S2.